The van der Waals surface area contributed by atoms with Crippen molar-refractivity contribution in [1.29, 1.82) is 0 Å². The van der Waals surface area contributed by atoms with E-state index in [1.54, 1.807) is 12.1 Å². The fourth-order valence-corrected chi connectivity index (χ4v) is 4.57. The van der Waals surface area contributed by atoms with Gasteiger partial charge < -0.3 is 10.4 Å². The highest BCUT2D eigenvalue weighted by Gasteiger charge is 2.48. The van der Waals surface area contributed by atoms with Crippen LogP contribution in [0.3, 0.4) is 0 Å². The molecule has 0 spiro atoms. The highest BCUT2D eigenvalue weighted by atomic mass is 32.2. The van der Waals surface area contributed by atoms with Gasteiger partial charge in [-0.15, -0.1) is 0 Å². The van der Waals surface area contributed by atoms with Crippen molar-refractivity contribution in [2.24, 2.45) is 22.9 Å². The topological polar surface area (TPSA) is 109 Å². The Morgan fingerprint density at radius 1 is 1.38 bits per heavy atom. The van der Waals surface area contributed by atoms with Crippen LogP contribution in [0.1, 0.15) is 45.6 Å². The Hall–Kier alpha value is -1.44. The van der Waals surface area contributed by atoms with E-state index in [1.807, 2.05) is 13.8 Å². The van der Waals surface area contributed by atoms with Crippen LogP contribution in [-0.2, 0) is 21.2 Å². The molecule has 0 aromatic heterocycles. The molecule has 1 aliphatic carbocycles. The highest BCUT2D eigenvalue weighted by Crippen LogP contribution is 2.41. The van der Waals surface area contributed by atoms with Crippen molar-refractivity contribution >= 4 is 15.9 Å². The molecule has 1 aromatic rings. The minimum atomic E-state index is -3.74. The summed E-state index contributed by atoms with van der Waals surface area (Å²) in [6.07, 6.45) is 2.81. The van der Waals surface area contributed by atoms with Gasteiger partial charge in [0.15, 0.2) is 0 Å². The molecule has 0 saturated heterocycles. The zero-order valence-electron chi connectivity index (χ0n) is 15.7. The number of hydrogen-bond acceptors (Lipinski definition) is 4. The largest absolute Gasteiger partial charge is 0.380 e. The third kappa shape index (κ3) is 4.84. The zero-order chi connectivity index (χ0) is 19.5. The van der Waals surface area contributed by atoms with Crippen LogP contribution < -0.4 is 10.5 Å². The summed E-state index contributed by atoms with van der Waals surface area (Å²) in [6.45, 7) is 6.47. The molecule has 0 bridgehead atoms. The maximum Gasteiger partial charge on any atom is 0.252 e. The van der Waals surface area contributed by atoms with E-state index in [2.05, 4.69) is 12.2 Å². The molecule has 0 radical (unpaired) electrons. The smallest absolute Gasteiger partial charge is 0.252 e. The van der Waals surface area contributed by atoms with Crippen LogP contribution in [0.2, 0.25) is 0 Å². The second kappa shape index (κ2) is 8.06. The molecule has 2 unspecified atom stereocenters. The maximum atomic E-state index is 12.7. The van der Waals surface area contributed by atoms with E-state index < -0.39 is 15.6 Å². The Balaban J connectivity index is 2.01. The third-order valence-corrected chi connectivity index (χ3v) is 6.28. The monoisotopic (exact) mass is 382 g/mol. The number of carbonyl (C=O) groups excluding carboxylic acids is 1. The number of primary sulfonamides is 1. The fraction of sp³-hybridized carbons (Fsp3) is 0.632. The first-order chi connectivity index (χ1) is 12.0. The van der Waals surface area contributed by atoms with Crippen molar-refractivity contribution in [1.82, 2.24) is 5.32 Å². The van der Waals surface area contributed by atoms with E-state index in [9.17, 15) is 18.3 Å². The maximum absolute atomic E-state index is 12.7. The summed E-state index contributed by atoms with van der Waals surface area (Å²) in [6, 6.07) is 6.36. The number of nitrogens with two attached hydrogens (primary N) is 1. The van der Waals surface area contributed by atoms with Gasteiger partial charge in [-0.3, -0.25) is 4.79 Å². The number of benzene rings is 1. The molecule has 1 saturated carbocycles. The third-order valence-electron chi connectivity index (χ3n) is 5.37. The molecule has 1 amide bonds. The van der Waals surface area contributed by atoms with Gasteiger partial charge in [0.25, 0.3) is 5.91 Å². The molecule has 1 fully saturated rings. The number of amides is 1. The van der Waals surface area contributed by atoms with Gasteiger partial charge in [-0.1, -0.05) is 39.3 Å². The summed E-state index contributed by atoms with van der Waals surface area (Å²) in [7, 11) is -3.74. The Morgan fingerprint density at radius 3 is 2.69 bits per heavy atom. The molecule has 7 heteroatoms. The highest BCUT2D eigenvalue weighted by molar-refractivity contribution is 7.89. The quantitative estimate of drug-likeness (QED) is 0.697. The molecule has 1 aromatic carbocycles. The van der Waals surface area contributed by atoms with E-state index in [0.29, 0.717) is 25.3 Å². The Morgan fingerprint density at radius 2 is 2.08 bits per heavy atom. The molecular weight excluding hydrogens is 352 g/mol. The molecule has 26 heavy (non-hydrogen) atoms. The normalized spacial score (nSPS) is 26.7. The molecule has 4 N–H and O–H groups in total. The molecule has 146 valence electrons. The van der Waals surface area contributed by atoms with Gasteiger partial charge in [-0.2, -0.15) is 0 Å². The van der Waals surface area contributed by atoms with Gasteiger partial charge in [0.05, 0.1) is 4.90 Å². The molecule has 1 aliphatic rings. The summed E-state index contributed by atoms with van der Waals surface area (Å²) in [5.41, 5.74) is -0.574. The van der Waals surface area contributed by atoms with Crippen LogP contribution in [0.4, 0.5) is 0 Å². The Kier molecular flexibility index (Phi) is 6.47. The van der Waals surface area contributed by atoms with E-state index in [4.69, 9.17) is 5.14 Å². The van der Waals surface area contributed by atoms with Crippen LogP contribution >= 0.6 is 0 Å². The van der Waals surface area contributed by atoms with Crippen molar-refractivity contribution in [2.75, 3.05) is 6.54 Å². The van der Waals surface area contributed by atoms with Crippen LogP contribution in [0.5, 0.6) is 0 Å². The summed E-state index contributed by atoms with van der Waals surface area (Å²) < 4.78 is 22.8. The van der Waals surface area contributed by atoms with Crippen LogP contribution in [0, 0.1) is 17.8 Å². The lowest BCUT2D eigenvalue weighted by atomic mass is 9.66. The van der Waals surface area contributed by atoms with Gasteiger partial charge in [0, 0.05) is 6.54 Å². The predicted molar refractivity (Wildman–Crippen MR) is 101 cm³/mol. The molecule has 0 heterocycles. The number of hydrogen-bond donors (Lipinski definition) is 3. The van der Waals surface area contributed by atoms with Gasteiger partial charge in [-0.25, -0.2) is 13.6 Å². The van der Waals surface area contributed by atoms with Gasteiger partial charge >= 0.3 is 0 Å². The lowest BCUT2D eigenvalue weighted by Crippen LogP contribution is -2.56. The van der Waals surface area contributed by atoms with E-state index in [1.165, 1.54) is 12.1 Å². The summed E-state index contributed by atoms with van der Waals surface area (Å²) in [5, 5.41) is 19.1. The number of aliphatic hydroxyl groups is 1. The lowest BCUT2D eigenvalue weighted by Gasteiger charge is -2.43. The van der Waals surface area contributed by atoms with Crippen LogP contribution in [0.25, 0.3) is 0 Å². The van der Waals surface area contributed by atoms with E-state index >= 15 is 0 Å². The SMILES string of the molecule is CC1CCC(C(C)C)[C@@](O)(C(=O)NCCc2cccc(S(N)(=O)=O)c2)C1. The van der Waals surface area contributed by atoms with Gasteiger partial charge in [0.1, 0.15) is 5.60 Å². The first-order valence-electron chi connectivity index (χ1n) is 9.16. The van der Waals surface area contributed by atoms with Gasteiger partial charge in [-0.05, 0) is 54.7 Å². The second-order valence-electron chi connectivity index (χ2n) is 7.86. The zero-order valence-corrected chi connectivity index (χ0v) is 16.6. The van der Waals surface area contributed by atoms with Crippen molar-refractivity contribution in [3.05, 3.63) is 29.8 Å². The van der Waals surface area contributed by atoms with E-state index in [-0.39, 0.29) is 22.6 Å². The predicted octanol–water partition coefficient (Wildman–Crippen LogP) is 1.82. The van der Waals surface area contributed by atoms with E-state index in [0.717, 1.165) is 18.4 Å². The number of nitrogens with one attached hydrogen (secondary N) is 1. The number of carbonyl (C=O) groups is 1. The summed E-state index contributed by atoms with van der Waals surface area (Å²) in [5.74, 6) is 0.159. The molecule has 6 nitrogen and oxygen atoms in total. The van der Waals surface area contributed by atoms with Crippen molar-refractivity contribution in [3.63, 3.8) is 0 Å². The summed E-state index contributed by atoms with van der Waals surface area (Å²) >= 11 is 0. The number of rotatable bonds is 6. The minimum absolute atomic E-state index is 0.0515. The van der Waals surface area contributed by atoms with Crippen LogP contribution in [-0.4, -0.2) is 31.6 Å². The fourth-order valence-electron chi connectivity index (χ4n) is 3.98. The van der Waals surface area contributed by atoms with Crippen molar-refractivity contribution in [2.45, 2.75) is 57.0 Å². The molecule has 2 rings (SSSR count). The molecular formula is C19H30N2O4S. The average Bonchev–Trinajstić information content (AvgIpc) is 2.53. The number of sulfonamides is 1. The first-order valence-corrected chi connectivity index (χ1v) is 10.7. The second-order valence-corrected chi connectivity index (χ2v) is 9.42. The first kappa shape index (κ1) is 20.9. The molecule has 0 aliphatic heterocycles. The van der Waals surface area contributed by atoms with Gasteiger partial charge in [0.2, 0.25) is 10.0 Å². The minimum Gasteiger partial charge on any atom is -0.380 e. The molecule has 3 atom stereocenters. The van der Waals surface area contributed by atoms with Crippen molar-refractivity contribution in [3.8, 4) is 0 Å². The summed E-state index contributed by atoms with van der Waals surface area (Å²) in [4.78, 5) is 12.8. The lowest BCUT2D eigenvalue weighted by molar-refractivity contribution is -0.155. The van der Waals surface area contributed by atoms with Crippen molar-refractivity contribution < 1.29 is 18.3 Å². The standard InChI is InChI=1S/C19H30N2O4S/c1-13(2)17-8-7-14(3)12-19(17,23)18(22)21-10-9-15-5-4-6-16(11-15)26(20,24)25/h4-6,11,13-14,17,23H,7-10,12H2,1-3H3,(H,21,22)(H2,20,24,25)/t14?,17?,19-/m1/s1. The average molecular weight is 383 g/mol. The Bertz CT molecular complexity index is 748. The van der Waals surface area contributed by atoms with Crippen LogP contribution in [0.15, 0.2) is 29.2 Å². The Labute approximate surface area is 156 Å².